The molecular weight excluding hydrogens is 350 g/mol. The fourth-order valence-corrected chi connectivity index (χ4v) is 2.68. The number of benzene rings is 2. The maximum absolute atomic E-state index is 12.1. The molecule has 0 aliphatic heterocycles. The van der Waals surface area contributed by atoms with Gasteiger partial charge in [0.05, 0.1) is 0 Å². The van der Waals surface area contributed by atoms with Gasteiger partial charge in [-0.25, -0.2) is 9.59 Å². The van der Waals surface area contributed by atoms with E-state index in [1.807, 2.05) is 0 Å². The van der Waals surface area contributed by atoms with Gasteiger partial charge in [-0.2, -0.15) is 0 Å². The molecule has 0 saturated heterocycles. The highest BCUT2D eigenvalue weighted by molar-refractivity contribution is 5.85. The van der Waals surface area contributed by atoms with Gasteiger partial charge < -0.3 is 19.6 Å². The van der Waals surface area contributed by atoms with Gasteiger partial charge in [-0.1, -0.05) is 30.3 Å². The number of aliphatic carboxylic acids is 1. The first-order chi connectivity index (χ1) is 12.9. The molecule has 0 saturated carbocycles. The third-order valence-corrected chi connectivity index (χ3v) is 3.98. The Morgan fingerprint density at radius 1 is 1.15 bits per heavy atom. The summed E-state index contributed by atoms with van der Waals surface area (Å²) in [5.41, 5.74) is 1.12. The van der Waals surface area contributed by atoms with Gasteiger partial charge in [0.25, 0.3) is 5.91 Å². The predicted octanol–water partition coefficient (Wildman–Crippen LogP) is 2.42. The molecule has 1 aromatic heterocycles. The van der Waals surface area contributed by atoms with Crippen molar-refractivity contribution in [2.45, 2.75) is 13.0 Å². The van der Waals surface area contributed by atoms with Crippen molar-refractivity contribution in [3.63, 3.8) is 0 Å². The Balaban J connectivity index is 1.69. The minimum absolute atomic E-state index is 0.331. The average Bonchev–Trinajstić information content (AvgIpc) is 2.64. The number of hydrogen-bond donors (Lipinski definition) is 2. The zero-order chi connectivity index (χ0) is 19.4. The summed E-state index contributed by atoms with van der Waals surface area (Å²) in [7, 11) is 0. The maximum Gasteiger partial charge on any atom is 0.336 e. The SMILES string of the molecule is Cc1cc(=O)oc2cc(OCC(=O)N[C@@H](C(=O)O)c3ccccc3)ccc12. The highest BCUT2D eigenvalue weighted by atomic mass is 16.5. The standard InChI is InChI=1S/C20H17NO6/c1-12-9-18(23)27-16-10-14(7-8-15(12)16)26-11-17(22)21-19(20(24)25)13-5-3-2-4-6-13/h2-10,19H,11H2,1H3,(H,21,22)(H,24,25)/t19-/m1/s1. The van der Waals surface area contributed by atoms with Crippen molar-refractivity contribution in [3.05, 3.63) is 76.1 Å². The van der Waals surface area contributed by atoms with Crippen molar-refractivity contribution in [3.8, 4) is 5.75 Å². The summed E-state index contributed by atoms with van der Waals surface area (Å²) in [4.78, 5) is 35.0. The molecule has 0 aliphatic rings. The molecule has 0 radical (unpaired) electrons. The molecule has 27 heavy (non-hydrogen) atoms. The Bertz CT molecular complexity index is 1040. The second-order valence-corrected chi connectivity index (χ2v) is 5.94. The smallest absolute Gasteiger partial charge is 0.336 e. The van der Waals surface area contributed by atoms with Crippen LogP contribution in [-0.4, -0.2) is 23.6 Å². The van der Waals surface area contributed by atoms with Gasteiger partial charge in [0.1, 0.15) is 11.3 Å². The van der Waals surface area contributed by atoms with Crippen LogP contribution in [0.3, 0.4) is 0 Å². The number of aryl methyl sites for hydroxylation is 1. The van der Waals surface area contributed by atoms with Crippen LogP contribution in [0.25, 0.3) is 11.0 Å². The number of nitrogens with one attached hydrogen (secondary N) is 1. The van der Waals surface area contributed by atoms with Gasteiger partial charge >= 0.3 is 11.6 Å². The number of carboxylic acid groups (broad SMARTS) is 1. The minimum Gasteiger partial charge on any atom is -0.484 e. The summed E-state index contributed by atoms with van der Waals surface area (Å²) < 4.78 is 10.5. The number of fused-ring (bicyclic) bond motifs is 1. The van der Waals surface area contributed by atoms with Crippen LogP contribution in [0.15, 0.2) is 63.8 Å². The summed E-state index contributed by atoms with van der Waals surface area (Å²) in [6, 6.07) is 13.5. The first-order valence-corrected chi connectivity index (χ1v) is 8.18. The van der Waals surface area contributed by atoms with Crippen LogP contribution in [0.1, 0.15) is 17.2 Å². The number of ether oxygens (including phenoxy) is 1. The number of carbonyl (C=O) groups is 2. The van der Waals surface area contributed by atoms with E-state index in [-0.39, 0.29) is 6.61 Å². The summed E-state index contributed by atoms with van der Waals surface area (Å²) in [5, 5.41) is 12.5. The van der Waals surface area contributed by atoms with Gasteiger partial charge in [-0.3, -0.25) is 4.79 Å². The molecular formula is C20H17NO6. The third kappa shape index (κ3) is 4.33. The molecule has 0 fully saturated rings. The van der Waals surface area contributed by atoms with Crippen molar-refractivity contribution in [2.24, 2.45) is 0 Å². The number of hydrogen-bond acceptors (Lipinski definition) is 5. The number of carboxylic acids is 1. The van der Waals surface area contributed by atoms with Crippen molar-refractivity contribution in [1.29, 1.82) is 0 Å². The molecule has 2 aromatic carbocycles. The molecule has 1 atom stereocenters. The highest BCUT2D eigenvalue weighted by Crippen LogP contribution is 2.22. The number of carbonyl (C=O) groups excluding carboxylic acids is 1. The van der Waals surface area contributed by atoms with Gasteiger partial charge in [-0.15, -0.1) is 0 Å². The normalized spacial score (nSPS) is 11.7. The van der Waals surface area contributed by atoms with Gasteiger partial charge in [0.2, 0.25) is 0 Å². The van der Waals surface area contributed by atoms with Gasteiger partial charge in [-0.05, 0) is 30.2 Å². The lowest BCUT2D eigenvalue weighted by Crippen LogP contribution is -2.36. The topological polar surface area (TPSA) is 106 Å². The minimum atomic E-state index is -1.17. The summed E-state index contributed by atoms with van der Waals surface area (Å²) in [6.07, 6.45) is 0. The predicted molar refractivity (Wildman–Crippen MR) is 97.7 cm³/mol. The van der Waals surface area contributed by atoms with Crippen molar-refractivity contribution in [2.75, 3.05) is 6.61 Å². The molecule has 0 spiro atoms. The number of rotatable bonds is 6. The Labute approximate surface area is 154 Å². The van der Waals surface area contributed by atoms with Gasteiger partial charge in [0.15, 0.2) is 12.6 Å². The fourth-order valence-electron chi connectivity index (χ4n) is 2.68. The molecule has 138 valence electrons. The lowest BCUT2D eigenvalue weighted by molar-refractivity contribution is -0.142. The quantitative estimate of drug-likeness (QED) is 0.648. The Kier molecular flexibility index (Phi) is 5.21. The van der Waals surface area contributed by atoms with Crippen LogP contribution in [0.2, 0.25) is 0 Å². The first-order valence-electron chi connectivity index (χ1n) is 8.18. The van der Waals surface area contributed by atoms with Crippen LogP contribution in [-0.2, 0) is 9.59 Å². The lowest BCUT2D eigenvalue weighted by atomic mass is 10.1. The van der Waals surface area contributed by atoms with E-state index in [2.05, 4.69) is 5.32 Å². The van der Waals surface area contributed by atoms with Crippen LogP contribution in [0, 0.1) is 6.92 Å². The first kappa shape index (κ1) is 18.2. The molecule has 0 unspecified atom stereocenters. The molecule has 0 aliphatic carbocycles. The number of amides is 1. The van der Waals surface area contributed by atoms with Crippen molar-refractivity contribution < 1.29 is 23.8 Å². The zero-order valence-corrected chi connectivity index (χ0v) is 14.5. The van der Waals surface area contributed by atoms with E-state index in [0.29, 0.717) is 16.9 Å². The third-order valence-electron chi connectivity index (χ3n) is 3.98. The average molecular weight is 367 g/mol. The molecule has 0 bridgehead atoms. The zero-order valence-electron chi connectivity index (χ0n) is 14.5. The van der Waals surface area contributed by atoms with E-state index < -0.39 is 23.5 Å². The van der Waals surface area contributed by atoms with E-state index in [9.17, 15) is 19.5 Å². The largest absolute Gasteiger partial charge is 0.484 e. The summed E-state index contributed by atoms with van der Waals surface area (Å²) in [6.45, 7) is 1.42. The molecule has 3 aromatic rings. The Morgan fingerprint density at radius 3 is 2.59 bits per heavy atom. The molecule has 1 amide bonds. The molecule has 7 heteroatoms. The van der Waals surface area contributed by atoms with Crippen molar-refractivity contribution in [1.82, 2.24) is 5.32 Å². The molecule has 1 heterocycles. The molecule has 3 rings (SSSR count). The molecule has 2 N–H and O–H groups in total. The summed E-state index contributed by atoms with van der Waals surface area (Å²) in [5.74, 6) is -1.42. The monoisotopic (exact) mass is 367 g/mol. The second-order valence-electron chi connectivity index (χ2n) is 5.94. The fraction of sp³-hybridized carbons (Fsp3) is 0.150. The van der Waals surface area contributed by atoms with Gasteiger partial charge in [0, 0.05) is 17.5 Å². The van der Waals surface area contributed by atoms with Crippen LogP contribution >= 0.6 is 0 Å². The van der Waals surface area contributed by atoms with Crippen molar-refractivity contribution >= 4 is 22.8 Å². The van der Waals surface area contributed by atoms with E-state index in [0.717, 1.165) is 10.9 Å². The highest BCUT2D eigenvalue weighted by Gasteiger charge is 2.22. The lowest BCUT2D eigenvalue weighted by Gasteiger charge is -2.15. The van der Waals surface area contributed by atoms with E-state index in [4.69, 9.17) is 9.15 Å². The van der Waals surface area contributed by atoms with Crippen LogP contribution in [0.5, 0.6) is 5.75 Å². The van der Waals surface area contributed by atoms with E-state index in [1.54, 1.807) is 49.4 Å². The summed E-state index contributed by atoms with van der Waals surface area (Å²) >= 11 is 0. The Hall–Kier alpha value is -3.61. The van der Waals surface area contributed by atoms with E-state index in [1.165, 1.54) is 12.1 Å². The second kappa shape index (κ2) is 7.74. The van der Waals surface area contributed by atoms with E-state index >= 15 is 0 Å². The van der Waals surface area contributed by atoms with Crippen LogP contribution < -0.4 is 15.7 Å². The van der Waals surface area contributed by atoms with Crippen LogP contribution in [0.4, 0.5) is 0 Å². The maximum atomic E-state index is 12.1. The molecule has 7 nitrogen and oxygen atoms in total. The Morgan fingerprint density at radius 2 is 1.89 bits per heavy atom.